The molecule has 2 unspecified atom stereocenters. The van der Waals surface area contributed by atoms with E-state index in [1.807, 2.05) is 4.90 Å². The fourth-order valence-electron chi connectivity index (χ4n) is 3.84. The standard InChI is InChI=1S/C17H28N2O2/c20-16(18-13-8-4-1-2-5-9-13)14-12-15(14)17(21)19-10-6-3-7-11-19/h13-15H,1-12H2,(H,18,20). The van der Waals surface area contributed by atoms with Gasteiger partial charge in [0.1, 0.15) is 0 Å². The molecule has 4 heteroatoms. The highest BCUT2D eigenvalue weighted by Gasteiger charge is 2.49. The smallest absolute Gasteiger partial charge is 0.226 e. The highest BCUT2D eigenvalue weighted by atomic mass is 16.2. The molecule has 2 saturated carbocycles. The second kappa shape index (κ2) is 6.80. The van der Waals surface area contributed by atoms with E-state index in [0.29, 0.717) is 6.04 Å². The van der Waals surface area contributed by atoms with Crippen LogP contribution in [0.5, 0.6) is 0 Å². The zero-order chi connectivity index (χ0) is 14.7. The summed E-state index contributed by atoms with van der Waals surface area (Å²) in [6.45, 7) is 1.79. The summed E-state index contributed by atoms with van der Waals surface area (Å²) in [6.07, 6.45) is 11.5. The van der Waals surface area contributed by atoms with Gasteiger partial charge < -0.3 is 10.2 Å². The normalized spacial score (nSPS) is 30.6. The predicted molar refractivity (Wildman–Crippen MR) is 81.7 cm³/mol. The van der Waals surface area contributed by atoms with Crippen molar-refractivity contribution in [1.29, 1.82) is 0 Å². The van der Waals surface area contributed by atoms with Gasteiger partial charge in [-0.2, -0.15) is 0 Å². The van der Waals surface area contributed by atoms with E-state index in [2.05, 4.69) is 5.32 Å². The third kappa shape index (κ3) is 3.78. The molecule has 21 heavy (non-hydrogen) atoms. The molecular formula is C17H28N2O2. The van der Waals surface area contributed by atoms with Gasteiger partial charge in [0.2, 0.25) is 11.8 Å². The van der Waals surface area contributed by atoms with Crippen LogP contribution in [0.4, 0.5) is 0 Å². The molecule has 0 radical (unpaired) electrons. The maximum absolute atomic E-state index is 12.4. The first-order chi connectivity index (χ1) is 10.3. The molecule has 3 aliphatic rings. The van der Waals surface area contributed by atoms with Crippen molar-refractivity contribution in [3.05, 3.63) is 0 Å². The molecule has 0 aromatic rings. The quantitative estimate of drug-likeness (QED) is 0.812. The first kappa shape index (κ1) is 14.9. The van der Waals surface area contributed by atoms with E-state index in [4.69, 9.17) is 0 Å². The number of piperidine rings is 1. The van der Waals surface area contributed by atoms with Gasteiger partial charge in [-0.1, -0.05) is 25.7 Å². The number of nitrogens with zero attached hydrogens (tertiary/aromatic N) is 1. The van der Waals surface area contributed by atoms with Gasteiger partial charge >= 0.3 is 0 Å². The average molecular weight is 292 g/mol. The lowest BCUT2D eigenvalue weighted by molar-refractivity contribution is -0.135. The third-order valence-corrected chi connectivity index (χ3v) is 5.31. The number of carbonyl (C=O) groups excluding carboxylic acids is 2. The number of nitrogens with one attached hydrogen (secondary N) is 1. The topological polar surface area (TPSA) is 49.4 Å². The molecule has 118 valence electrons. The number of hydrogen-bond acceptors (Lipinski definition) is 2. The Morgan fingerprint density at radius 1 is 0.810 bits per heavy atom. The Morgan fingerprint density at radius 2 is 1.43 bits per heavy atom. The number of rotatable bonds is 3. The van der Waals surface area contributed by atoms with Gasteiger partial charge in [0, 0.05) is 19.1 Å². The lowest BCUT2D eigenvalue weighted by Gasteiger charge is -2.27. The molecule has 1 N–H and O–H groups in total. The highest BCUT2D eigenvalue weighted by molar-refractivity contribution is 5.92. The van der Waals surface area contributed by atoms with Crippen LogP contribution in [-0.2, 0) is 9.59 Å². The van der Waals surface area contributed by atoms with Gasteiger partial charge in [-0.15, -0.1) is 0 Å². The highest BCUT2D eigenvalue weighted by Crippen LogP contribution is 2.40. The van der Waals surface area contributed by atoms with Crippen LogP contribution in [0.3, 0.4) is 0 Å². The minimum Gasteiger partial charge on any atom is -0.353 e. The number of amides is 2. The zero-order valence-electron chi connectivity index (χ0n) is 13.0. The van der Waals surface area contributed by atoms with Crippen molar-refractivity contribution in [2.45, 2.75) is 70.3 Å². The van der Waals surface area contributed by atoms with Gasteiger partial charge in [0.25, 0.3) is 0 Å². The van der Waals surface area contributed by atoms with Crippen LogP contribution in [0.1, 0.15) is 64.2 Å². The summed E-state index contributed by atoms with van der Waals surface area (Å²) >= 11 is 0. The van der Waals surface area contributed by atoms with Crippen molar-refractivity contribution in [3.8, 4) is 0 Å². The van der Waals surface area contributed by atoms with E-state index in [1.165, 1.54) is 32.1 Å². The Labute approximate surface area is 127 Å². The molecule has 2 atom stereocenters. The Kier molecular flexibility index (Phi) is 4.81. The van der Waals surface area contributed by atoms with Crippen LogP contribution in [0, 0.1) is 11.8 Å². The van der Waals surface area contributed by atoms with E-state index in [-0.39, 0.29) is 23.7 Å². The van der Waals surface area contributed by atoms with Crippen LogP contribution in [0.15, 0.2) is 0 Å². The van der Waals surface area contributed by atoms with Gasteiger partial charge in [-0.05, 0) is 38.5 Å². The molecule has 3 fully saturated rings. The molecular weight excluding hydrogens is 264 g/mol. The lowest BCUT2D eigenvalue weighted by Crippen LogP contribution is -2.39. The minimum atomic E-state index is -0.0392. The third-order valence-electron chi connectivity index (χ3n) is 5.31. The van der Waals surface area contributed by atoms with Gasteiger partial charge in [0.15, 0.2) is 0 Å². The summed E-state index contributed by atoms with van der Waals surface area (Å²) in [4.78, 5) is 26.6. The zero-order valence-corrected chi connectivity index (χ0v) is 13.0. The summed E-state index contributed by atoms with van der Waals surface area (Å²) in [7, 11) is 0. The summed E-state index contributed by atoms with van der Waals surface area (Å²) < 4.78 is 0. The maximum Gasteiger partial charge on any atom is 0.226 e. The Morgan fingerprint density at radius 3 is 2.10 bits per heavy atom. The van der Waals surface area contributed by atoms with E-state index < -0.39 is 0 Å². The molecule has 0 aromatic heterocycles. The van der Waals surface area contributed by atoms with Crippen molar-refractivity contribution in [3.63, 3.8) is 0 Å². The lowest BCUT2D eigenvalue weighted by atomic mass is 10.1. The number of likely N-dealkylation sites (tertiary alicyclic amines) is 1. The molecule has 1 aliphatic heterocycles. The van der Waals surface area contributed by atoms with Crippen LogP contribution in [-0.4, -0.2) is 35.8 Å². The van der Waals surface area contributed by atoms with E-state index in [0.717, 1.165) is 45.2 Å². The first-order valence-corrected chi connectivity index (χ1v) is 8.85. The Balaban J connectivity index is 1.45. The monoisotopic (exact) mass is 292 g/mol. The SMILES string of the molecule is O=C(NC1CCCCCC1)C1CC1C(=O)N1CCCCC1. The maximum atomic E-state index is 12.4. The summed E-state index contributed by atoms with van der Waals surface area (Å²) in [5.41, 5.74) is 0. The van der Waals surface area contributed by atoms with Crippen LogP contribution in [0.25, 0.3) is 0 Å². The average Bonchev–Trinajstić information content (AvgIpc) is 3.32. The Hall–Kier alpha value is -1.06. The summed E-state index contributed by atoms with van der Waals surface area (Å²) in [6, 6.07) is 0.353. The van der Waals surface area contributed by atoms with Crippen LogP contribution >= 0.6 is 0 Å². The van der Waals surface area contributed by atoms with Crippen molar-refractivity contribution < 1.29 is 9.59 Å². The van der Waals surface area contributed by atoms with E-state index in [9.17, 15) is 9.59 Å². The molecule has 2 amide bonds. The van der Waals surface area contributed by atoms with Crippen molar-refractivity contribution in [1.82, 2.24) is 10.2 Å². The molecule has 2 aliphatic carbocycles. The van der Waals surface area contributed by atoms with Gasteiger partial charge in [0.05, 0.1) is 11.8 Å². The number of hydrogen-bond donors (Lipinski definition) is 1. The predicted octanol–water partition coefficient (Wildman–Crippen LogP) is 2.47. The molecule has 0 bridgehead atoms. The van der Waals surface area contributed by atoms with Crippen molar-refractivity contribution in [2.24, 2.45) is 11.8 Å². The van der Waals surface area contributed by atoms with E-state index >= 15 is 0 Å². The van der Waals surface area contributed by atoms with Crippen LogP contribution < -0.4 is 5.32 Å². The number of carbonyl (C=O) groups is 2. The molecule has 1 saturated heterocycles. The fraction of sp³-hybridized carbons (Fsp3) is 0.882. The second-order valence-corrected chi connectivity index (χ2v) is 7.03. The van der Waals surface area contributed by atoms with E-state index in [1.54, 1.807) is 0 Å². The van der Waals surface area contributed by atoms with Gasteiger partial charge in [-0.3, -0.25) is 9.59 Å². The largest absolute Gasteiger partial charge is 0.353 e. The van der Waals surface area contributed by atoms with Crippen LogP contribution in [0.2, 0.25) is 0 Å². The van der Waals surface area contributed by atoms with Crippen molar-refractivity contribution >= 4 is 11.8 Å². The summed E-state index contributed by atoms with van der Waals surface area (Å²) in [5.74, 6) is 0.310. The molecule has 0 spiro atoms. The molecule has 3 rings (SSSR count). The molecule has 1 heterocycles. The van der Waals surface area contributed by atoms with Crippen molar-refractivity contribution in [2.75, 3.05) is 13.1 Å². The summed E-state index contributed by atoms with van der Waals surface area (Å²) in [5, 5.41) is 3.20. The molecule has 4 nitrogen and oxygen atoms in total. The van der Waals surface area contributed by atoms with Gasteiger partial charge in [-0.25, -0.2) is 0 Å². The fourth-order valence-corrected chi connectivity index (χ4v) is 3.84. The Bertz CT molecular complexity index is 382. The first-order valence-electron chi connectivity index (χ1n) is 8.85. The second-order valence-electron chi connectivity index (χ2n) is 7.03. The minimum absolute atomic E-state index is 0.0196. The molecule has 0 aromatic carbocycles.